The molecule has 1 aliphatic heterocycles. The smallest absolute Gasteiger partial charge is 0.105 e. The molecule has 0 spiro atoms. The Bertz CT molecular complexity index is 628. The predicted octanol–water partition coefficient (Wildman–Crippen LogP) is 4.76. The predicted molar refractivity (Wildman–Crippen MR) is 81.9 cm³/mol. The van der Waals surface area contributed by atoms with Gasteiger partial charge in [-0.15, -0.1) is 0 Å². The third kappa shape index (κ3) is 2.19. The van der Waals surface area contributed by atoms with Gasteiger partial charge in [0.25, 0.3) is 0 Å². The first kappa shape index (κ1) is 13.1. The average Bonchev–Trinajstić information content (AvgIpc) is 3.11. The number of rotatable bonds is 3. The molecule has 1 aliphatic carbocycles. The minimum atomic E-state index is -0.697. The molecule has 2 heterocycles. The molecule has 2 nitrogen and oxygen atoms in total. The van der Waals surface area contributed by atoms with Crippen molar-refractivity contribution < 1.29 is 4.39 Å². The molecule has 1 aromatic heterocycles. The monoisotopic (exact) mass is 284 g/mol. The second-order valence-corrected chi connectivity index (χ2v) is 6.44. The summed E-state index contributed by atoms with van der Waals surface area (Å²) in [6.45, 7) is 0. The number of benzene rings is 1. The number of fused-ring (bicyclic) bond motifs is 3. The summed E-state index contributed by atoms with van der Waals surface area (Å²) in [6.07, 6.45) is 9.44. The number of hydrogen-bond acceptors (Lipinski definition) is 1. The van der Waals surface area contributed by atoms with E-state index < -0.39 is 6.17 Å². The molecule has 3 heteroatoms. The van der Waals surface area contributed by atoms with Crippen LogP contribution in [0.2, 0.25) is 0 Å². The normalized spacial score (nSPS) is 22.8. The minimum absolute atomic E-state index is 0.121. The van der Waals surface area contributed by atoms with Crippen LogP contribution in [0.3, 0.4) is 0 Å². The maximum absolute atomic E-state index is 14.8. The summed E-state index contributed by atoms with van der Waals surface area (Å²) in [5.41, 5.74) is 3.61. The molecule has 0 amide bonds. The second-order valence-electron chi connectivity index (χ2n) is 6.44. The molecule has 4 rings (SSSR count). The fourth-order valence-electron chi connectivity index (χ4n) is 4.07. The number of aromatic nitrogens is 2. The Morgan fingerprint density at radius 3 is 2.86 bits per heavy atom. The Kier molecular flexibility index (Phi) is 3.28. The molecule has 0 saturated heterocycles. The van der Waals surface area contributed by atoms with E-state index in [2.05, 4.69) is 27.8 Å². The van der Waals surface area contributed by atoms with Crippen LogP contribution in [0.5, 0.6) is 0 Å². The maximum atomic E-state index is 14.8. The number of halogens is 1. The van der Waals surface area contributed by atoms with E-state index in [0.717, 1.165) is 18.5 Å². The third-order valence-electron chi connectivity index (χ3n) is 5.21. The van der Waals surface area contributed by atoms with Crippen molar-refractivity contribution in [3.05, 3.63) is 42.4 Å². The van der Waals surface area contributed by atoms with Gasteiger partial charge in [0.2, 0.25) is 0 Å². The molecule has 0 radical (unpaired) electrons. The lowest BCUT2D eigenvalue weighted by molar-refractivity contribution is 0.159. The summed E-state index contributed by atoms with van der Waals surface area (Å²) in [7, 11) is 0. The molecular weight excluding hydrogens is 263 g/mol. The fourth-order valence-corrected chi connectivity index (χ4v) is 4.07. The van der Waals surface area contributed by atoms with Crippen molar-refractivity contribution in [1.82, 2.24) is 9.55 Å². The molecule has 2 atom stereocenters. The van der Waals surface area contributed by atoms with Crippen LogP contribution in [0.1, 0.15) is 50.1 Å². The fraction of sp³-hybridized carbons (Fsp3) is 0.500. The Labute approximate surface area is 125 Å². The first-order chi connectivity index (χ1) is 10.3. The molecule has 0 unspecified atom stereocenters. The van der Waals surface area contributed by atoms with Crippen molar-refractivity contribution in [2.24, 2.45) is 5.92 Å². The summed E-state index contributed by atoms with van der Waals surface area (Å²) in [6, 6.07) is 8.49. The van der Waals surface area contributed by atoms with Crippen LogP contribution < -0.4 is 0 Å². The highest BCUT2D eigenvalue weighted by Crippen LogP contribution is 2.43. The zero-order valence-corrected chi connectivity index (χ0v) is 12.2. The van der Waals surface area contributed by atoms with E-state index in [1.54, 1.807) is 0 Å². The van der Waals surface area contributed by atoms with Gasteiger partial charge in [-0.25, -0.2) is 9.37 Å². The molecule has 21 heavy (non-hydrogen) atoms. The molecule has 0 bridgehead atoms. The van der Waals surface area contributed by atoms with E-state index in [4.69, 9.17) is 0 Å². The van der Waals surface area contributed by atoms with Gasteiger partial charge >= 0.3 is 0 Å². The van der Waals surface area contributed by atoms with Crippen LogP contribution in [0.25, 0.3) is 11.3 Å². The topological polar surface area (TPSA) is 17.8 Å². The quantitative estimate of drug-likeness (QED) is 0.794. The number of hydrogen-bond donors (Lipinski definition) is 0. The lowest BCUT2D eigenvalue weighted by atomic mass is 9.83. The molecular formula is C18H21FN2. The van der Waals surface area contributed by atoms with E-state index in [9.17, 15) is 4.39 Å². The van der Waals surface area contributed by atoms with Crippen molar-refractivity contribution in [2.45, 2.75) is 50.7 Å². The van der Waals surface area contributed by atoms with E-state index in [1.807, 2.05) is 18.6 Å². The second kappa shape index (κ2) is 5.28. The standard InChI is InChI=1S/C18H21FN2/c19-16(13-6-2-1-3-7-13)10-17-14-8-4-5-9-15(14)18-11-20-12-21(17)18/h4-5,8-9,11-13,16-17H,1-3,6-7,10H2/t16-,17-/m1/s1. The van der Waals surface area contributed by atoms with Crippen LogP contribution >= 0.6 is 0 Å². The zero-order chi connectivity index (χ0) is 14.2. The Balaban J connectivity index is 1.60. The maximum Gasteiger partial charge on any atom is 0.105 e. The molecule has 1 aromatic carbocycles. The van der Waals surface area contributed by atoms with E-state index >= 15 is 0 Å². The molecule has 1 saturated carbocycles. The van der Waals surface area contributed by atoms with Gasteiger partial charge in [-0.05, 0) is 24.3 Å². The van der Waals surface area contributed by atoms with Crippen molar-refractivity contribution in [1.29, 1.82) is 0 Å². The van der Waals surface area contributed by atoms with Gasteiger partial charge in [0.15, 0.2) is 0 Å². The largest absolute Gasteiger partial charge is 0.323 e. The Morgan fingerprint density at radius 1 is 1.19 bits per heavy atom. The van der Waals surface area contributed by atoms with E-state index in [0.29, 0.717) is 6.42 Å². The van der Waals surface area contributed by atoms with Crippen molar-refractivity contribution in [3.63, 3.8) is 0 Å². The number of nitrogens with zero attached hydrogens (tertiary/aromatic N) is 2. The highest BCUT2D eigenvalue weighted by Gasteiger charge is 2.33. The lowest BCUT2D eigenvalue weighted by Gasteiger charge is -2.27. The summed E-state index contributed by atoms with van der Waals surface area (Å²) < 4.78 is 17.0. The van der Waals surface area contributed by atoms with Crippen molar-refractivity contribution in [3.8, 4) is 11.3 Å². The highest BCUT2D eigenvalue weighted by molar-refractivity contribution is 5.68. The van der Waals surface area contributed by atoms with E-state index in [-0.39, 0.29) is 12.0 Å². The van der Waals surface area contributed by atoms with Gasteiger partial charge in [-0.2, -0.15) is 0 Å². The van der Waals surface area contributed by atoms with Gasteiger partial charge in [0.05, 0.1) is 24.3 Å². The molecule has 2 aromatic rings. The van der Waals surface area contributed by atoms with Crippen LogP contribution in [0.15, 0.2) is 36.8 Å². The number of imidazole rings is 1. The van der Waals surface area contributed by atoms with Gasteiger partial charge in [0.1, 0.15) is 6.17 Å². The Hall–Kier alpha value is -1.64. The van der Waals surface area contributed by atoms with Crippen LogP contribution in [0.4, 0.5) is 4.39 Å². The summed E-state index contributed by atoms with van der Waals surface area (Å²) in [5.74, 6) is 0.262. The van der Waals surface area contributed by atoms with Gasteiger partial charge < -0.3 is 4.57 Å². The first-order valence-corrected chi connectivity index (χ1v) is 8.10. The summed E-state index contributed by atoms with van der Waals surface area (Å²) in [5, 5.41) is 0. The zero-order valence-electron chi connectivity index (χ0n) is 12.2. The van der Waals surface area contributed by atoms with Gasteiger partial charge in [0, 0.05) is 12.0 Å². The lowest BCUT2D eigenvalue weighted by Crippen LogP contribution is -2.22. The summed E-state index contributed by atoms with van der Waals surface area (Å²) >= 11 is 0. The van der Waals surface area contributed by atoms with Crippen molar-refractivity contribution >= 4 is 0 Å². The SMILES string of the molecule is F[C@H](C[C@@H]1c2ccccc2-c2cncn21)C1CCCCC1. The average molecular weight is 284 g/mol. The van der Waals surface area contributed by atoms with Gasteiger partial charge in [-0.1, -0.05) is 43.5 Å². The first-order valence-electron chi connectivity index (χ1n) is 8.10. The van der Waals surface area contributed by atoms with Crippen LogP contribution in [-0.4, -0.2) is 15.7 Å². The van der Waals surface area contributed by atoms with Gasteiger partial charge in [-0.3, -0.25) is 0 Å². The molecule has 110 valence electrons. The molecule has 2 aliphatic rings. The minimum Gasteiger partial charge on any atom is -0.323 e. The van der Waals surface area contributed by atoms with Crippen molar-refractivity contribution in [2.75, 3.05) is 0 Å². The third-order valence-corrected chi connectivity index (χ3v) is 5.21. The van der Waals surface area contributed by atoms with Crippen LogP contribution in [0, 0.1) is 5.92 Å². The Morgan fingerprint density at radius 2 is 2.00 bits per heavy atom. The number of alkyl halides is 1. The van der Waals surface area contributed by atoms with Crippen LogP contribution in [-0.2, 0) is 0 Å². The molecule has 1 fully saturated rings. The molecule has 0 N–H and O–H groups in total. The van der Waals surface area contributed by atoms with E-state index in [1.165, 1.54) is 30.4 Å². The highest BCUT2D eigenvalue weighted by atomic mass is 19.1. The summed E-state index contributed by atoms with van der Waals surface area (Å²) in [4.78, 5) is 4.25.